The van der Waals surface area contributed by atoms with E-state index >= 15 is 0 Å². The topological polar surface area (TPSA) is 122 Å². The number of carbonyl (C=O) groups is 3. The van der Waals surface area contributed by atoms with E-state index in [9.17, 15) is 19.5 Å². The molecule has 3 fully saturated rings. The molecule has 0 spiro atoms. The largest absolute Gasteiger partial charge is 0.498 e. The molecular formula is C35H46Br2N6O4. The number of rotatable bonds is 7. The Labute approximate surface area is 294 Å². The Hall–Kier alpha value is -2.51. The smallest absolute Gasteiger partial charge is 0.322 e. The number of carboxylic acid groups (broad SMARTS) is 1. The van der Waals surface area contributed by atoms with Gasteiger partial charge >= 0.3 is 6.03 Å². The number of nitrogen functional groups attached to an aromatic ring is 1. The van der Waals surface area contributed by atoms with E-state index in [1.165, 1.54) is 12.8 Å². The number of quaternary nitrogens is 1. The number of anilines is 2. The molecule has 4 aliphatic rings. The number of nitrogens with zero attached hydrogens (tertiary/aromatic N) is 4. The first-order chi connectivity index (χ1) is 22.6. The van der Waals surface area contributed by atoms with E-state index < -0.39 is 16.2 Å². The van der Waals surface area contributed by atoms with Gasteiger partial charge in [0.25, 0.3) is 6.09 Å². The van der Waals surface area contributed by atoms with Crippen LogP contribution in [0.1, 0.15) is 56.1 Å². The monoisotopic (exact) mass is 772 g/mol. The fourth-order valence-corrected chi connectivity index (χ4v) is 10.3. The molecular weight excluding hydrogens is 728 g/mol. The minimum Gasteiger partial charge on any atom is -0.498 e. The van der Waals surface area contributed by atoms with Gasteiger partial charge in [-0.25, -0.2) is 4.79 Å². The van der Waals surface area contributed by atoms with Crippen LogP contribution in [-0.4, -0.2) is 95.6 Å². The first-order valence-electron chi connectivity index (χ1n) is 16.9. The number of amides is 3. The van der Waals surface area contributed by atoms with Gasteiger partial charge in [0.05, 0.1) is 18.7 Å². The summed E-state index contributed by atoms with van der Waals surface area (Å²) in [6.45, 7) is 4.52. The lowest BCUT2D eigenvalue weighted by Gasteiger charge is -2.62. The van der Waals surface area contributed by atoms with Crippen LogP contribution >= 0.6 is 31.9 Å². The molecule has 0 saturated carbocycles. The van der Waals surface area contributed by atoms with E-state index in [-0.39, 0.29) is 31.6 Å². The second-order valence-electron chi connectivity index (χ2n) is 14.1. The first-order valence-corrected chi connectivity index (χ1v) is 18.5. The molecule has 3 N–H and O–H groups in total. The van der Waals surface area contributed by atoms with Crippen LogP contribution in [0.25, 0.3) is 0 Å². The van der Waals surface area contributed by atoms with Gasteiger partial charge in [0.2, 0.25) is 0 Å². The average Bonchev–Trinajstić information content (AvgIpc) is 3.23. The van der Waals surface area contributed by atoms with Crippen LogP contribution in [0.15, 0.2) is 45.3 Å². The second kappa shape index (κ2) is 14.2. The number of nitrogens with one attached hydrogen (secondary N) is 1. The standard InChI is InChI=1S/C35H46Br2N6O4/c1-40-13-6-25(7-14-40)26-8-15-41(16-9-26)35(12-19-44)22-28(42-17-10-27-4-2-3-5-31(27)39-33(42)45)11-18-43(35,34(46)47)23-24-20-29(36)32(38)30(37)21-24/h2-5,19-21,25-26,28H,6-18,22-23,38H2,1H3,(H-,39,45,46,47)/t28?,35?,43-/m0/s1. The highest BCUT2D eigenvalue weighted by molar-refractivity contribution is 9.11. The number of hydrogen-bond acceptors (Lipinski definition) is 7. The number of carbonyl (C=O) groups excluding carboxylic acids is 3. The SMILES string of the molecule is CN1CCC(C2CCN(C3(CC=O)CC(N4CCc5ccccc5NC4=O)CC[N@+]3(Cc3cc(Br)c(N)c(Br)c3)C(=O)[O-])CC2)CC1. The minimum absolute atomic E-state index is 0.0311. The molecule has 3 saturated heterocycles. The van der Waals surface area contributed by atoms with Crippen molar-refractivity contribution >= 4 is 61.6 Å². The fourth-order valence-electron chi connectivity index (χ4n) is 9.04. The summed E-state index contributed by atoms with van der Waals surface area (Å²) >= 11 is 7.09. The van der Waals surface area contributed by atoms with Gasteiger partial charge < -0.3 is 35.5 Å². The number of aldehydes is 1. The third-order valence-corrected chi connectivity index (χ3v) is 13.0. The van der Waals surface area contributed by atoms with E-state index in [2.05, 4.69) is 54.0 Å². The van der Waals surface area contributed by atoms with Crippen LogP contribution in [0.3, 0.4) is 0 Å². The molecule has 0 aliphatic carbocycles. The predicted molar refractivity (Wildman–Crippen MR) is 187 cm³/mol. The number of benzene rings is 2. The van der Waals surface area contributed by atoms with Crippen LogP contribution in [-0.2, 0) is 17.8 Å². The summed E-state index contributed by atoms with van der Waals surface area (Å²) in [7, 11) is 2.18. The number of urea groups is 1. The zero-order valence-electron chi connectivity index (χ0n) is 27.1. The van der Waals surface area contributed by atoms with Gasteiger partial charge in [-0.1, -0.05) is 18.2 Å². The molecule has 6 rings (SSSR count). The molecule has 0 bridgehead atoms. The zero-order valence-corrected chi connectivity index (χ0v) is 30.3. The van der Waals surface area contributed by atoms with Crippen molar-refractivity contribution < 1.29 is 24.0 Å². The lowest BCUT2D eigenvalue weighted by molar-refractivity contribution is -0.956. The van der Waals surface area contributed by atoms with Gasteiger partial charge in [-0.15, -0.1) is 0 Å². The molecule has 2 aromatic rings. The molecule has 0 aromatic heterocycles. The Morgan fingerprint density at radius 3 is 2.32 bits per heavy atom. The van der Waals surface area contributed by atoms with E-state index in [4.69, 9.17) is 5.73 Å². The molecule has 2 aromatic carbocycles. The molecule has 4 heterocycles. The molecule has 10 nitrogen and oxygen atoms in total. The van der Waals surface area contributed by atoms with Crippen LogP contribution in [0.4, 0.5) is 21.0 Å². The third kappa shape index (κ3) is 6.60. The molecule has 254 valence electrons. The average molecular weight is 775 g/mol. The van der Waals surface area contributed by atoms with Crippen molar-refractivity contribution in [3.63, 3.8) is 0 Å². The normalized spacial score (nSPS) is 28.4. The molecule has 2 unspecified atom stereocenters. The first kappa shape index (κ1) is 34.4. The summed E-state index contributed by atoms with van der Waals surface area (Å²) in [5, 5.41) is 16.8. The van der Waals surface area contributed by atoms with Crippen molar-refractivity contribution in [2.24, 2.45) is 11.8 Å². The van der Waals surface area contributed by atoms with Crippen LogP contribution in [0.2, 0.25) is 0 Å². The van der Waals surface area contributed by atoms with Gasteiger partial charge in [0.15, 0.2) is 5.66 Å². The molecule has 47 heavy (non-hydrogen) atoms. The summed E-state index contributed by atoms with van der Waals surface area (Å²) in [6.07, 6.45) is 5.56. The second-order valence-corrected chi connectivity index (χ2v) is 15.8. The van der Waals surface area contributed by atoms with Crippen molar-refractivity contribution in [2.45, 2.75) is 69.6 Å². The maximum absolute atomic E-state index is 13.7. The van der Waals surface area contributed by atoms with E-state index in [0.29, 0.717) is 65.4 Å². The van der Waals surface area contributed by atoms with Crippen molar-refractivity contribution in [2.75, 3.05) is 57.4 Å². The summed E-state index contributed by atoms with van der Waals surface area (Å²) in [5.41, 5.74) is 8.31. The molecule has 4 aliphatic heterocycles. The Balaban J connectivity index is 1.36. The van der Waals surface area contributed by atoms with Crippen molar-refractivity contribution in [1.82, 2.24) is 14.7 Å². The van der Waals surface area contributed by atoms with E-state index in [1.807, 2.05) is 41.3 Å². The number of nitrogens with two attached hydrogens (primary N) is 1. The van der Waals surface area contributed by atoms with Crippen LogP contribution in [0, 0.1) is 11.8 Å². The molecule has 3 amide bonds. The Bertz CT molecular complexity index is 1470. The summed E-state index contributed by atoms with van der Waals surface area (Å²) in [6, 6.07) is 11.2. The van der Waals surface area contributed by atoms with Gasteiger partial charge in [0.1, 0.15) is 12.8 Å². The number of hydrogen-bond donors (Lipinski definition) is 2. The summed E-state index contributed by atoms with van der Waals surface area (Å²) in [4.78, 5) is 46.8. The van der Waals surface area contributed by atoms with Crippen LogP contribution in [0.5, 0.6) is 0 Å². The van der Waals surface area contributed by atoms with Gasteiger partial charge in [0, 0.05) is 58.7 Å². The van der Waals surface area contributed by atoms with Crippen molar-refractivity contribution in [1.29, 1.82) is 0 Å². The quantitative estimate of drug-likeness (QED) is 0.230. The highest BCUT2D eigenvalue weighted by atomic mass is 79.9. The number of fused-ring (bicyclic) bond motifs is 1. The maximum Gasteiger partial charge on any atom is 0.322 e. The lowest BCUT2D eigenvalue weighted by atomic mass is 9.76. The number of likely N-dealkylation sites (tertiary alicyclic amines) is 3. The predicted octanol–water partition coefficient (Wildman–Crippen LogP) is 5.05. The summed E-state index contributed by atoms with van der Waals surface area (Å²) in [5.74, 6) is 1.25. The number of piperidine rings is 3. The Morgan fingerprint density at radius 2 is 1.68 bits per heavy atom. The maximum atomic E-state index is 13.7. The lowest BCUT2D eigenvalue weighted by Crippen LogP contribution is -2.80. The summed E-state index contributed by atoms with van der Waals surface area (Å²) < 4.78 is 0.947. The fraction of sp³-hybridized carbons (Fsp3) is 0.571. The van der Waals surface area contributed by atoms with Gasteiger partial charge in [-0.05, 0) is 120 Å². The van der Waals surface area contributed by atoms with Crippen molar-refractivity contribution in [3.05, 3.63) is 56.5 Å². The van der Waals surface area contributed by atoms with Gasteiger partial charge in [-0.2, -0.15) is 0 Å². The minimum atomic E-state index is -1.19. The highest BCUT2D eigenvalue weighted by Gasteiger charge is 2.61. The van der Waals surface area contributed by atoms with E-state index in [1.54, 1.807) is 0 Å². The number of para-hydroxylation sites is 1. The van der Waals surface area contributed by atoms with Crippen LogP contribution < -0.4 is 16.2 Å². The third-order valence-electron chi connectivity index (χ3n) is 11.7. The molecule has 3 atom stereocenters. The van der Waals surface area contributed by atoms with E-state index in [0.717, 1.165) is 49.0 Å². The molecule has 0 radical (unpaired) electrons. The Morgan fingerprint density at radius 1 is 1.04 bits per heavy atom. The van der Waals surface area contributed by atoms with Gasteiger partial charge in [-0.3, -0.25) is 9.38 Å². The highest BCUT2D eigenvalue weighted by Crippen LogP contribution is 2.47. The Kier molecular flexibility index (Phi) is 10.3. The zero-order chi connectivity index (χ0) is 33.3. The molecule has 12 heteroatoms. The van der Waals surface area contributed by atoms with Crippen molar-refractivity contribution in [3.8, 4) is 0 Å². The number of halogens is 2.